The number of likely N-dealkylation sites (N-methyl/N-ethyl adjacent to an activating group) is 1. The molecule has 3 N–H and O–H groups in total. The highest BCUT2D eigenvalue weighted by atomic mass is 16.5. The molecular weight excluding hydrogens is 246 g/mol. The van der Waals surface area contributed by atoms with Crippen LogP contribution in [0.5, 0.6) is 0 Å². The number of nitrogens with two attached hydrogens (primary N) is 1. The largest absolute Gasteiger partial charge is 0.377 e. The molecule has 1 heterocycles. The highest BCUT2D eigenvalue weighted by Crippen LogP contribution is 2.27. The molecule has 1 aliphatic heterocycles. The Bertz CT molecular complexity index is 348. The van der Waals surface area contributed by atoms with E-state index in [4.69, 9.17) is 10.5 Å². The lowest BCUT2D eigenvalue weighted by molar-refractivity contribution is -0.151. The Morgan fingerprint density at radius 3 is 2.84 bits per heavy atom. The van der Waals surface area contributed by atoms with E-state index in [9.17, 15) is 9.59 Å². The summed E-state index contributed by atoms with van der Waals surface area (Å²) in [5.41, 5.74) is 5.99. The summed E-state index contributed by atoms with van der Waals surface area (Å²) < 4.78 is 5.33. The van der Waals surface area contributed by atoms with Crippen molar-refractivity contribution in [3.63, 3.8) is 0 Å². The Labute approximate surface area is 113 Å². The van der Waals surface area contributed by atoms with Gasteiger partial charge in [-0.05, 0) is 19.8 Å². The van der Waals surface area contributed by atoms with Crippen molar-refractivity contribution in [1.29, 1.82) is 0 Å². The number of amides is 2. The number of hydrogen-bond donors (Lipinski definition) is 2. The van der Waals surface area contributed by atoms with Gasteiger partial charge in [-0.1, -0.05) is 6.42 Å². The molecule has 19 heavy (non-hydrogen) atoms. The normalized spacial score (nSPS) is 31.3. The summed E-state index contributed by atoms with van der Waals surface area (Å²) in [4.78, 5) is 26.2. The van der Waals surface area contributed by atoms with Crippen molar-refractivity contribution in [2.45, 2.75) is 38.3 Å². The van der Waals surface area contributed by atoms with Crippen molar-refractivity contribution in [2.24, 2.45) is 11.7 Å². The molecule has 108 valence electrons. The molecule has 0 aromatic heterocycles. The maximum absolute atomic E-state index is 12.5. The molecule has 1 saturated heterocycles. The summed E-state index contributed by atoms with van der Waals surface area (Å²) in [6.07, 6.45) is 2.72. The number of ether oxygens (including phenoxy) is 1. The number of nitrogens with zero attached hydrogens (tertiary/aromatic N) is 1. The first-order chi connectivity index (χ1) is 9.15. The Kier molecular flexibility index (Phi) is 4.76. The van der Waals surface area contributed by atoms with E-state index >= 15 is 0 Å². The summed E-state index contributed by atoms with van der Waals surface area (Å²) in [5.74, 6) is -0.248. The molecule has 0 aromatic rings. The van der Waals surface area contributed by atoms with E-state index in [0.29, 0.717) is 19.7 Å². The summed E-state index contributed by atoms with van der Waals surface area (Å²) >= 11 is 0. The van der Waals surface area contributed by atoms with Gasteiger partial charge in [-0.15, -0.1) is 0 Å². The molecule has 1 aliphatic carbocycles. The van der Waals surface area contributed by atoms with Crippen molar-refractivity contribution >= 4 is 11.8 Å². The van der Waals surface area contributed by atoms with Gasteiger partial charge in [0.25, 0.3) is 0 Å². The molecule has 6 nitrogen and oxygen atoms in total. The summed E-state index contributed by atoms with van der Waals surface area (Å²) in [5, 5.41) is 2.76. The average molecular weight is 269 g/mol. The lowest BCUT2D eigenvalue weighted by Crippen LogP contribution is -2.58. The third kappa shape index (κ3) is 3.06. The van der Waals surface area contributed by atoms with Gasteiger partial charge in [0.05, 0.1) is 19.1 Å². The Morgan fingerprint density at radius 1 is 1.42 bits per heavy atom. The Morgan fingerprint density at radius 2 is 2.21 bits per heavy atom. The summed E-state index contributed by atoms with van der Waals surface area (Å²) in [6.45, 7) is 3.66. The van der Waals surface area contributed by atoms with Gasteiger partial charge < -0.3 is 20.7 Å². The van der Waals surface area contributed by atoms with Crippen LogP contribution in [0.2, 0.25) is 0 Å². The Balaban J connectivity index is 2.06. The van der Waals surface area contributed by atoms with E-state index in [-0.39, 0.29) is 30.4 Å². The van der Waals surface area contributed by atoms with Crippen LogP contribution in [-0.2, 0) is 14.3 Å². The second-order valence-electron chi connectivity index (χ2n) is 5.22. The highest BCUT2D eigenvalue weighted by Gasteiger charge is 2.39. The second-order valence-corrected chi connectivity index (χ2v) is 5.22. The average Bonchev–Trinajstić information content (AvgIpc) is 2.84. The molecule has 3 unspecified atom stereocenters. The molecule has 0 spiro atoms. The van der Waals surface area contributed by atoms with Crippen LogP contribution >= 0.6 is 0 Å². The molecular formula is C13H23N3O3. The van der Waals surface area contributed by atoms with Crippen LogP contribution in [0.3, 0.4) is 0 Å². The van der Waals surface area contributed by atoms with Gasteiger partial charge in [-0.3, -0.25) is 9.59 Å². The van der Waals surface area contributed by atoms with Crippen LogP contribution in [0.25, 0.3) is 0 Å². The van der Waals surface area contributed by atoms with Gasteiger partial charge in [0, 0.05) is 19.1 Å². The molecule has 2 rings (SSSR count). The maximum Gasteiger partial charge on any atom is 0.245 e. The molecule has 6 heteroatoms. The lowest BCUT2D eigenvalue weighted by atomic mass is 10.0. The van der Waals surface area contributed by atoms with Gasteiger partial charge in [0.15, 0.2) is 0 Å². The fourth-order valence-electron chi connectivity index (χ4n) is 2.89. The smallest absolute Gasteiger partial charge is 0.245 e. The standard InChI is InChI=1S/C13H23N3O3/c1-2-15-12(17)11-8-19-7-6-16(11)13(18)9-4-3-5-10(9)14/h9-11H,2-8,14H2,1H3,(H,15,17). The number of carbonyl (C=O) groups is 2. The first-order valence-electron chi connectivity index (χ1n) is 7.06. The molecule has 2 fully saturated rings. The van der Waals surface area contributed by atoms with Crippen LogP contribution in [0.1, 0.15) is 26.2 Å². The first-order valence-corrected chi connectivity index (χ1v) is 7.06. The minimum atomic E-state index is -0.506. The van der Waals surface area contributed by atoms with Gasteiger partial charge in [-0.2, -0.15) is 0 Å². The van der Waals surface area contributed by atoms with Gasteiger partial charge in [0.1, 0.15) is 6.04 Å². The van der Waals surface area contributed by atoms with E-state index in [1.165, 1.54) is 0 Å². The third-order valence-electron chi connectivity index (χ3n) is 3.95. The second kappa shape index (κ2) is 6.34. The van der Waals surface area contributed by atoms with Crippen molar-refractivity contribution < 1.29 is 14.3 Å². The van der Waals surface area contributed by atoms with E-state index in [1.54, 1.807) is 4.90 Å². The van der Waals surface area contributed by atoms with Gasteiger partial charge in [-0.25, -0.2) is 0 Å². The van der Waals surface area contributed by atoms with Crippen molar-refractivity contribution in [3.8, 4) is 0 Å². The molecule has 0 bridgehead atoms. The third-order valence-corrected chi connectivity index (χ3v) is 3.95. The van der Waals surface area contributed by atoms with Crippen LogP contribution in [-0.4, -0.2) is 55.1 Å². The minimum absolute atomic E-state index is 0.0181. The van der Waals surface area contributed by atoms with Crippen molar-refractivity contribution in [2.75, 3.05) is 26.3 Å². The fraction of sp³-hybridized carbons (Fsp3) is 0.846. The van der Waals surface area contributed by atoms with E-state index < -0.39 is 6.04 Å². The minimum Gasteiger partial charge on any atom is -0.377 e. The molecule has 3 atom stereocenters. The van der Waals surface area contributed by atoms with E-state index in [0.717, 1.165) is 19.3 Å². The number of carbonyl (C=O) groups excluding carboxylic acids is 2. The number of hydrogen-bond acceptors (Lipinski definition) is 4. The van der Waals surface area contributed by atoms with Crippen molar-refractivity contribution in [3.05, 3.63) is 0 Å². The molecule has 2 aliphatic rings. The van der Waals surface area contributed by atoms with Gasteiger partial charge in [0.2, 0.25) is 11.8 Å². The zero-order valence-corrected chi connectivity index (χ0v) is 11.4. The molecule has 0 aromatic carbocycles. The zero-order valence-electron chi connectivity index (χ0n) is 11.4. The van der Waals surface area contributed by atoms with Crippen LogP contribution in [0, 0.1) is 5.92 Å². The maximum atomic E-state index is 12.5. The SMILES string of the molecule is CCNC(=O)C1COCCN1C(=O)C1CCCC1N. The quantitative estimate of drug-likeness (QED) is 0.722. The van der Waals surface area contributed by atoms with E-state index in [2.05, 4.69) is 5.32 Å². The van der Waals surface area contributed by atoms with Crippen LogP contribution in [0.15, 0.2) is 0 Å². The topological polar surface area (TPSA) is 84.7 Å². The predicted octanol–water partition coefficient (Wildman–Crippen LogP) is -0.523. The lowest BCUT2D eigenvalue weighted by Gasteiger charge is -2.36. The molecule has 1 saturated carbocycles. The van der Waals surface area contributed by atoms with E-state index in [1.807, 2.05) is 6.92 Å². The Hall–Kier alpha value is -1.14. The molecule has 0 radical (unpaired) electrons. The van der Waals surface area contributed by atoms with Gasteiger partial charge >= 0.3 is 0 Å². The predicted molar refractivity (Wildman–Crippen MR) is 70.3 cm³/mol. The molecule has 2 amide bonds. The van der Waals surface area contributed by atoms with Crippen molar-refractivity contribution in [1.82, 2.24) is 10.2 Å². The number of morpholine rings is 1. The van der Waals surface area contributed by atoms with Crippen LogP contribution < -0.4 is 11.1 Å². The monoisotopic (exact) mass is 269 g/mol. The summed E-state index contributed by atoms with van der Waals surface area (Å²) in [7, 11) is 0. The summed E-state index contributed by atoms with van der Waals surface area (Å²) in [6, 6.07) is -0.570. The highest BCUT2D eigenvalue weighted by molar-refractivity contribution is 5.89. The first kappa shape index (κ1) is 14.3. The zero-order chi connectivity index (χ0) is 13.8. The number of nitrogens with one attached hydrogen (secondary N) is 1. The fourth-order valence-corrected chi connectivity index (χ4v) is 2.89. The number of rotatable bonds is 3. The van der Waals surface area contributed by atoms with Crippen LogP contribution in [0.4, 0.5) is 0 Å².